The molecule has 0 aromatic carbocycles. The molecule has 0 radical (unpaired) electrons. The molecule has 0 aromatic heterocycles. The number of ether oxygens (including phenoxy) is 1. The van der Waals surface area contributed by atoms with Crippen molar-refractivity contribution in [2.75, 3.05) is 0 Å². The number of rotatable bonds is 4. The standard InChI is InChI=1S/C28H44O9/c1-15(2)16(3)11-22(32)37-21-12-19-23(5)8-7-18(30)13-27(23,35)20(31)14-26(19,34)28(36)10-9-25(33,17(4)29)24(21,28)6/h11,15,18-21,30-31,33-36H,7-10,12-14H2,1-6H3. The summed E-state index contributed by atoms with van der Waals surface area (Å²) in [6.45, 7) is 10.1. The third-order valence-electron chi connectivity index (χ3n) is 11.4. The van der Waals surface area contributed by atoms with Gasteiger partial charge in [0, 0.05) is 30.3 Å². The van der Waals surface area contributed by atoms with Gasteiger partial charge in [-0.25, -0.2) is 4.79 Å². The van der Waals surface area contributed by atoms with E-state index in [0.717, 1.165) is 5.57 Å². The maximum atomic E-state index is 13.1. The zero-order chi connectivity index (χ0) is 28.0. The van der Waals surface area contributed by atoms with E-state index in [-0.39, 0.29) is 38.0 Å². The van der Waals surface area contributed by atoms with Crippen LogP contribution in [-0.4, -0.2) is 83.1 Å². The number of Topliss-reactive ketones (excluding diaryl/α,β-unsaturated/α-hetero) is 1. The molecule has 37 heavy (non-hydrogen) atoms. The molecule has 10 unspecified atom stereocenters. The van der Waals surface area contributed by atoms with Crippen LogP contribution in [0.15, 0.2) is 11.6 Å². The van der Waals surface area contributed by atoms with Crippen molar-refractivity contribution in [3.05, 3.63) is 11.6 Å². The number of hydrogen-bond donors (Lipinski definition) is 6. The van der Waals surface area contributed by atoms with Crippen LogP contribution in [-0.2, 0) is 14.3 Å². The topological polar surface area (TPSA) is 165 Å². The summed E-state index contributed by atoms with van der Waals surface area (Å²) in [5, 5.41) is 69.8. The first kappa shape index (κ1) is 28.6. The summed E-state index contributed by atoms with van der Waals surface area (Å²) in [5.41, 5.74) is -10.1. The molecule has 0 amide bonds. The van der Waals surface area contributed by atoms with Crippen molar-refractivity contribution in [3.8, 4) is 0 Å². The van der Waals surface area contributed by atoms with Crippen molar-refractivity contribution in [2.24, 2.45) is 22.7 Å². The van der Waals surface area contributed by atoms with Gasteiger partial charge in [0.2, 0.25) is 0 Å². The Kier molecular flexibility index (Phi) is 6.63. The first-order chi connectivity index (χ1) is 16.8. The van der Waals surface area contributed by atoms with E-state index >= 15 is 0 Å². The van der Waals surface area contributed by atoms with Gasteiger partial charge < -0.3 is 35.4 Å². The molecule has 6 N–H and O–H groups in total. The molecule has 4 rings (SSSR count). The van der Waals surface area contributed by atoms with E-state index in [1.807, 2.05) is 13.8 Å². The Morgan fingerprint density at radius 2 is 1.57 bits per heavy atom. The monoisotopic (exact) mass is 524 g/mol. The van der Waals surface area contributed by atoms with Gasteiger partial charge in [0.25, 0.3) is 0 Å². The number of aliphatic hydroxyl groups excluding tert-OH is 2. The van der Waals surface area contributed by atoms with Crippen molar-refractivity contribution in [1.29, 1.82) is 0 Å². The molecular formula is C28H44O9. The molecule has 0 spiro atoms. The number of allylic oxidation sites excluding steroid dienone is 1. The Balaban J connectivity index is 1.89. The van der Waals surface area contributed by atoms with Gasteiger partial charge in [0.1, 0.15) is 22.9 Å². The number of esters is 1. The number of carbonyl (C=O) groups is 2. The molecule has 4 aliphatic rings. The summed E-state index contributed by atoms with van der Waals surface area (Å²) in [6, 6.07) is 0. The number of carbonyl (C=O) groups excluding carboxylic acids is 2. The van der Waals surface area contributed by atoms with Crippen molar-refractivity contribution in [3.63, 3.8) is 0 Å². The van der Waals surface area contributed by atoms with Gasteiger partial charge in [-0.2, -0.15) is 0 Å². The normalized spacial score (nSPS) is 51.8. The summed E-state index contributed by atoms with van der Waals surface area (Å²) >= 11 is 0. The van der Waals surface area contributed by atoms with Crippen LogP contribution >= 0.6 is 0 Å². The molecule has 0 bridgehead atoms. The van der Waals surface area contributed by atoms with Crippen molar-refractivity contribution in [2.45, 2.75) is 127 Å². The zero-order valence-corrected chi connectivity index (χ0v) is 22.8. The number of aliphatic hydroxyl groups is 6. The highest BCUT2D eigenvalue weighted by atomic mass is 16.5. The fourth-order valence-corrected chi connectivity index (χ4v) is 8.52. The summed E-state index contributed by atoms with van der Waals surface area (Å²) < 4.78 is 5.95. The lowest BCUT2D eigenvalue weighted by atomic mass is 9.38. The van der Waals surface area contributed by atoms with Gasteiger partial charge in [0.05, 0.1) is 23.2 Å². The molecule has 0 aromatic rings. The lowest BCUT2D eigenvalue weighted by Crippen LogP contribution is -2.83. The Bertz CT molecular complexity index is 1010. The lowest BCUT2D eigenvalue weighted by molar-refractivity contribution is -0.366. The van der Waals surface area contributed by atoms with Gasteiger partial charge >= 0.3 is 5.97 Å². The first-order valence-electron chi connectivity index (χ1n) is 13.5. The fourth-order valence-electron chi connectivity index (χ4n) is 8.52. The molecule has 0 saturated heterocycles. The first-order valence-corrected chi connectivity index (χ1v) is 13.5. The molecule has 10 atom stereocenters. The zero-order valence-electron chi connectivity index (χ0n) is 22.8. The van der Waals surface area contributed by atoms with E-state index in [9.17, 15) is 40.2 Å². The van der Waals surface area contributed by atoms with Gasteiger partial charge in [-0.05, 0) is 58.8 Å². The second-order valence-corrected chi connectivity index (χ2v) is 13.1. The van der Waals surface area contributed by atoms with Crippen molar-refractivity contribution < 1.29 is 45.0 Å². The summed E-state index contributed by atoms with van der Waals surface area (Å²) in [4.78, 5) is 25.9. The molecule has 4 fully saturated rings. The summed E-state index contributed by atoms with van der Waals surface area (Å²) in [6.07, 6.45) is -2.41. The minimum absolute atomic E-state index is 0.0488. The summed E-state index contributed by atoms with van der Waals surface area (Å²) in [7, 11) is 0. The third kappa shape index (κ3) is 3.44. The minimum Gasteiger partial charge on any atom is -0.458 e. The molecule has 4 saturated carbocycles. The Labute approximate surface area is 218 Å². The second-order valence-electron chi connectivity index (χ2n) is 13.1. The highest BCUT2D eigenvalue weighted by Crippen LogP contribution is 2.72. The summed E-state index contributed by atoms with van der Waals surface area (Å²) in [5.74, 6) is -2.07. The molecule has 0 aliphatic heterocycles. The van der Waals surface area contributed by atoms with Gasteiger partial charge in [-0.3, -0.25) is 4.79 Å². The van der Waals surface area contributed by atoms with Gasteiger partial charge in [-0.15, -0.1) is 0 Å². The fraction of sp³-hybridized carbons (Fsp3) is 0.857. The SMILES string of the molecule is CC(=O)C1(O)CCC2(O)C3(O)CC(O)C4(O)CC(O)CCC4(C)C3CC(OC(=O)C=C(C)C(C)C)C12C. The molecule has 210 valence electrons. The van der Waals surface area contributed by atoms with Crippen LogP contribution in [0.2, 0.25) is 0 Å². The lowest BCUT2D eigenvalue weighted by Gasteiger charge is -2.71. The van der Waals surface area contributed by atoms with Gasteiger partial charge in [-0.1, -0.05) is 26.3 Å². The predicted molar refractivity (Wildman–Crippen MR) is 133 cm³/mol. The molecule has 9 heteroatoms. The number of ketones is 1. The Morgan fingerprint density at radius 3 is 2.14 bits per heavy atom. The van der Waals surface area contributed by atoms with Crippen LogP contribution in [0.3, 0.4) is 0 Å². The Hall–Kier alpha value is -1.36. The molecule has 0 heterocycles. The smallest absolute Gasteiger partial charge is 0.330 e. The molecule has 4 aliphatic carbocycles. The number of hydrogen-bond acceptors (Lipinski definition) is 9. The predicted octanol–water partition coefficient (Wildman–Crippen LogP) is 1.15. The van der Waals surface area contributed by atoms with E-state index in [0.29, 0.717) is 6.42 Å². The molecular weight excluding hydrogens is 480 g/mol. The highest BCUT2D eigenvalue weighted by Gasteiger charge is 2.84. The van der Waals surface area contributed by atoms with E-state index in [4.69, 9.17) is 4.74 Å². The largest absolute Gasteiger partial charge is 0.458 e. The minimum atomic E-state index is -2.12. The van der Waals surface area contributed by atoms with Crippen LogP contribution in [0, 0.1) is 22.7 Å². The van der Waals surface area contributed by atoms with Crippen LogP contribution in [0.1, 0.15) is 86.5 Å². The Morgan fingerprint density at radius 1 is 0.946 bits per heavy atom. The van der Waals surface area contributed by atoms with E-state index < -0.39 is 75.6 Å². The molecule has 9 nitrogen and oxygen atoms in total. The van der Waals surface area contributed by atoms with E-state index in [1.54, 1.807) is 13.8 Å². The number of fused-ring (bicyclic) bond motifs is 5. The third-order valence-corrected chi connectivity index (χ3v) is 11.4. The second kappa shape index (κ2) is 8.57. The maximum absolute atomic E-state index is 13.1. The van der Waals surface area contributed by atoms with Crippen LogP contribution in [0.5, 0.6) is 0 Å². The van der Waals surface area contributed by atoms with E-state index in [1.165, 1.54) is 19.9 Å². The van der Waals surface area contributed by atoms with Crippen LogP contribution in [0.4, 0.5) is 0 Å². The van der Waals surface area contributed by atoms with E-state index in [2.05, 4.69) is 0 Å². The quantitative estimate of drug-likeness (QED) is 0.234. The highest BCUT2D eigenvalue weighted by molar-refractivity contribution is 5.87. The van der Waals surface area contributed by atoms with Crippen LogP contribution in [0.25, 0.3) is 0 Å². The average molecular weight is 525 g/mol. The maximum Gasteiger partial charge on any atom is 0.330 e. The average Bonchev–Trinajstić information content (AvgIpc) is 3.02. The van der Waals surface area contributed by atoms with Crippen molar-refractivity contribution >= 4 is 11.8 Å². The van der Waals surface area contributed by atoms with Crippen molar-refractivity contribution in [1.82, 2.24) is 0 Å². The van der Waals surface area contributed by atoms with Crippen LogP contribution < -0.4 is 0 Å². The van der Waals surface area contributed by atoms with Gasteiger partial charge in [0.15, 0.2) is 5.78 Å².